The zero-order valence-corrected chi connectivity index (χ0v) is 22.2. The highest BCUT2D eigenvalue weighted by atomic mass is 127. The molecule has 0 aliphatic carbocycles. The number of unbranched alkanes of at least 4 members (excludes halogenated alkanes) is 11. The van der Waals surface area contributed by atoms with E-state index in [0.29, 0.717) is 0 Å². The summed E-state index contributed by atoms with van der Waals surface area (Å²) in [7, 11) is 4.17. The lowest BCUT2D eigenvalue weighted by Gasteiger charge is -2.03. The van der Waals surface area contributed by atoms with Gasteiger partial charge in [-0.1, -0.05) is 51.4 Å². The van der Waals surface area contributed by atoms with Crippen LogP contribution >= 0.6 is 0 Å². The number of hydrogen-bond acceptors (Lipinski definition) is 0. The molecule has 0 saturated heterocycles. The first-order valence-electron chi connectivity index (χ1n) is 10.8. The van der Waals surface area contributed by atoms with Crippen molar-refractivity contribution in [3.8, 4) is 0 Å². The Kier molecular flexibility index (Phi) is 17.6. The molecule has 0 saturated carbocycles. The van der Waals surface area contributed by atoms with Gasteiger partial charge in [-0.2, -0.15) is 0 Å². The summed E-state index contributed by atoms with van der Waals surface area (Å²) in [6.45, 7) is 2.34. The van der Waals surface area contributed by atoms with Crippen molar-refractivity contribution in [1.82, 2.24) is 9.13 Å². The molecule has 0 N–H and O–H groups in total. The number of halogens is 2. The molecule has 162 valence electrons. The Morgan fingerprint density at radius 2 is 0.786 bits per heavy atom. The second-order valence-electron chi connectivity index (χ2n) is 7.88. The van der Waals surface area contributed by atoms with Crippen LogP contribution in [0.4, 0.5) is 0 Å². The Morgan fingerprint density at radius 3 is 1.04 bits per heavy atom. The number of aromatic nitrogens is 4. The van der Waals surface area contributed by atoms with Crippen molar-refractivity contribution >= 4 is 0 Å². The maximum absolute atomic E-state index is 2.29. The van der Waals surface area contributed by atoms with Crippen LogP contribution in [0.5, 0.6) is 0 Å². The molecule has 2 aromatic heterocycles. The summed E-state index contributed by atoms with van der Waals surface area (Å²) in [5, 5.41) is 0. The van der Waals surface area contributed by atoms with Crippen molar-refractivity contribution in [2.24, 2.45) is 14.1 Å². The Hall–Kier alpha value is -0.120. The van der Waals surface area contributed by atoms with Crippen molar-refractivity contribution < 1.29 is 57.1 Å². The van der Waals surface area contributed by atoms with Gasteiger partial charge in [-0.3, -0.25) is 0 Å². The Morgan fingerprint density at radius 1 is 0.500 bits per heavy atom. The summed E-state index contributed by atoms with van der Waals surface area (Å²) in [5.41, 5.74) is 0. The van der Waals surface area contributed by atoms with Crippen molar-refractivity contribution in [3.63, 3.8) is 0 Å². The fourth-order valence-electron chi connectivity index (χ4n) is 3.62. The first-order valence-corrected chi connectivity index (χ1v) is 10.8. The van der Waals surface area contributed by atoms with E-state index < -0.39 is 0 Å². The number of nitrogens with zero attached hydrogens (tertiary/aromatic N) is 4. The molecule has 0 aliphatic rings. The zero-order valence-electron chi connectivity index (χ0n) is 17.9. The third-order valence-corrected chi connectivity index (χ3v) is 5.23. The van der Waals surface area contributed by atoms with Gasteiger partial charge in [-0.15, -0.1) is 0 Å². The van der Waals surface area contributed by atoms with Crippen LogP contribution < -0.4 is 57.1 Å². The molecule has 0 amide bonds. The lowest BCUT2D eigenvalue weighted by molar-refractivity contribution is -0.697. The van der Waals surface area contributed by atoms with E-state index in [2.05, 4.69) is 69.8 Å². The van der Waals surface area contributed by atoms with Crippen LogP contribution in [0, 0.1) is 0 Å². The molecule has 0 unspecified atom stereocenters. The standard InChI is InChI=1S/C22H40N4.2HI/c1-23-17-19-25(21-23)15-13-11-9-7-5-3-4-6-8-10-12-14-16-26-20-18-24(2)22-26;;/h17-22H,3-16H2,1-2H3;2*1H/q+2;;/p-2. The SMILES string of the molecule is Cn1cc[n+](CCCCCCCCCCCCCC[n+]2ccn(C)c2)c1.[I-].[I-]. The predicted molar refractivity (Wildman–Crippen MR) is 107 cm³/mol. The third-order valence-electron chi connectivity index (χ3n) is 5.23. The quantitative estimate of drug-likeness (QED) is 0.130. The smallest absolute Gasteiger partial charge is 0.243 e. The fraction of sp³-hybridized carbons (Fsp3) is 0.727. The van der Waals surface area contributed by atoms with Gasteiger partial charge in [0.15, 0.2) is 0 Å². The monoisotopic (exact) mass is 614 g/mol. The van der Waals surface area contributed by atoms with Crippen LogP contribution in [0.2, 0.25) is 0 Å². The Balaban J connectivity index is 0.00000364. The van der Waals surface area contributed by atoms with E-state index >= 15 is 0 Å². The number of hydrogen-bond donors (Lipinski definition) is 0. The van der Waals surface area contributed by atoms with Gasteiger partial charge in [0, 0.05) is 0 Å². The number of aryl methyl sites for hydroxylation is 4. The van der Waals surface area contributed by atoms with Gasteiger partial charge in [0.25, 0.3) is 0 Å². The van der Waals surface area contributed by atoms with Gasteiger partial charge in [0.1, 0.15) is 24.8 Å². The van der Waals surface area contributed by atoms with E-state index in [0.717, 1.165) is 0 Å². The maximum atomic E-state index is 2.29. The van der Waals surface area contributed by atoms with E-state index in [1.165, 1.54) is 90.1 Å². The minimum Gasteiger partial charge on any atom is -1.00 e. The molecule has 2 aromatic rings. The fourth-order valence-corrected chi connectivity index (χ4v) is 3.62. The summed E-state index contributed by atoms with van der Waals surface area (Å²) in [4.78, 5) is 0. The molecule has 0 radical (unpaired) electrons. The van der Waals surface area contributed by atoms with Gasteiger partial charge in [0.05, 0.1) is 27.2 Å². The first-order chi connectivity index (χ1) is 12.7. The third kappa shape index (κ3) is 13.2. The minimum atomic E-state index is 0. The van der Waals surface area contributed by atoms with Crippen molar-refractivity contribution in [1.29, 1.82) is 0 Å². The van der Waals surface area contributed by atoms with Crippen molar-refractivity contribution in [2.45, 2.75) is 90.1 Å². The molecular weight excluding hydrogens is 574 g/mol. The summed E-state index contributed by atoms with van der Waals surface area (Å²) >= 11 is 0. The molecule has 0 aromatic carbocycles. The highest BCUT2D eigenvalue weighted by Crippen LogP contribution is 2.12. The van der Waals surface area contributed by atoms with Crippen LogP contribution in [0.15, 0.2) is 37.4 Å². The highest BCUT2D eigenvalue weighted by Gasteiger charge is 2.00. The summed E-state index contributed by atoms with van der Waals surface area (Å²) < 4.78 is 8.81. The summed E-state index contributed by atoms with van der Waals surface area (Å²) in [6.07, 6.45) is 29.7. The lowest BCUT2D eigenvalue weighted by atomic mass is 10.1. The summed E-state index contributed by atoms with van der Waals surface area (Å²) in [6, 6.07) is 0. The van der Waals surface area contributed by atoms with Gasteiger partial charge in [-0.25, -0.2) is 18.3 Å². The van der Waals surface area contributed by atoms with Crippen LogP contribution in [0.1, 0.15) is 77.0 Å². The molecular formula is C22H40I2N4. The summed E-state index contributed by atoms with van der Waals surface area (Å²) in [5.74, 6) is 0. The first kappa shape index (κ1) is 27.9. The molecule has 0 aliphatic heterocycles. The maximum Gasteiger partial charge on any atom is 0.243 e. The molecule has 2 heterocycles. The Bertz CT molecular complexity index is 543. The molecule has 0 atom stereocenters. The van der Waals surface area contributed by atoms with Crippen LogP contribution in [-0.2, 0) is 27.2 Å². The highest BCUT2D eigenvalue weighted by molar-refractivity contribution is 4.62. The van der Waals surface area contributed by atoms with E-state index in [-0.39, 0.29) is 48.0 Å². The van der Waals surface area contributed by atoms with Gasteiger partial charge < -0.3 is 48.0 Å². The molecule has 2 rings (SSSR count). The number of imidazole rings is 2. The second-order valence-corrected chi connectivity index (χ2v) is 7.88. The Labute approximate surface area is 206 Å². The van der Waals surface area contributed by atoms with Crippen LogP contribution in [0.25, 0.3) is 0 Å². The predicted octanol–water partition coefficient (Wildman–Crippen LogP) is -1.67. The van der Waals surface area contributed by atoms with Gasteiger partial charge in [0.2, 0.25) is 12.7 Å². The van der Waals surface area contributed by atoms with E-state index in [1.54, 1.807) is 0 Å². The molecule has 28 heavy (non-hydrogen) atoms. The lowest BCUT2D eigenvalue weighted by Crippen LogP contribution is -3.00. The molecule has 0 spiro atoms. The van der Waals surface area contributed by atoms with E-state index in [1.807, 2.05) is 0 Å². The molecule has 0 fully saturated rings. The topological polar surface area (TPSA) is 17.6 Å². The van der Waals surface area contributed by atoms with Gasteiger partial charge in [-0.05, 0) is 25.7 Å². The zero-order chi connectivity index (χ0) is 18.5. The van der Waals surface area contributed by atoms with Gasteiger partial charge >= 0.3 is 0 Å². The second kappa shape index (κ2) is 17.7. The molecule has 0 bridgehead atoms. The normalized spacial score (nSPS) is 10.5. The van der Waals surface area contributed by atoms with Crippen molar-refractivity contribution in [2.75, 3.05) is 0 Å². The minimum absolute atomic E-state index is 0. The van der Waals surface area contributed by atoms with E-state index in [9.17, 15) is 0 Å². The molecule has 6 heteroatoms. The van der Waals surface area contributed by atoms with E-state index in [4.69, 9.17) is 0 Å². The van der Waals surface area contributed by atoms with Crippen LogP contribution in [-0.4, -0.2) is 9.13 Å². The average Bonchev–Trinajstić information content (AvgIpc) is 3.23. The number of rotatable bonds is 15. The van der Waals surface area contributed by atoms with Crippen LogP contribution in [0.3, 0.4) is 0 Å². The average molecular weight is 614 g/mol. The molecule has 4 nitrogen and oxygen atoms in total. The van der Waals surface area contributed by atoms with Crippen molar-refractivity contribution in [3.05, 3.63) is 37.4 Å². The largest absolute Gasteiger partial charge is 1.00 e.